The molecule has 2 saturated heterocycles. The van der Waals surface area contributed by atoms with Crippen molar-refractivity contribution in [2.24, 2.45) is 5.92 Å². The summed E-state index contributed by atoms with van der Waals surface area (Å²) in [6.45, 7) is 6.97. The maximum atomic E-state index is 12.7. The van der Waals surface area contributed by atoms with E-state index in [1.165, 1.54) is 0 Å². The van der Waals surface area contributed by atoms with Gasteiger partial charge in [-0.25, -0.2) is 4.79 Å². The van der Waals surface area contributed by atoms with Crippen molar-refractivity contribution in [2.75, 3.05) is 26.2 Å². The molecule has 0 spiro atoms. The van der Waals surface area contributed by atoms with Crippen LogP contribution < -0.4 is 5.32 Å². The molecule has 6 nitrogen and oxygen atoms in total. The lowest BCUT2D eigenvalue weighted by Crippen LogP contribution is -2.52. The fraction of sp³-hybridized carbons (Fsp3) is 0.857. The molecule has 0 aromatic rings. The van der Waals surface area contributed by atoms with E-state index < -0.39 is 11.9 Å². The smallest absolute Gasteiger partial charge is 0.320 e. The molecule has 20 heavy (non-hydrogen) atoms. The van der Waals surface area contributed by atoms with E-state index in [9.17, 15) is 9.59 Å². The third-order valence-corrected chi connectivity index (χ3v) is 4.65. The van der Waals surface area contributed by atoms with E-state index in [1.807, 2.05) is 18.7 Å². The fourth-order valence-electron chi connectivity index (χ4n) is 3.37. The molecule has 0 aliphatic carbocycles. The molecular weight excluding hydrogens is 258 g/mol. The van der Waals surface area contributed by atoms with Crippen LogP contribution >= 0.6 is 0 Å². The predicted molar refractivity (Wildman–Crippen MR) is 75.6 cm³/mol. The molecule has 114 valence electrons. The molecule has 6 heteroatoms. The Morgan fingerprint density at radius 2 is 1.95 bits per heavy atom. The average molecular weight is 283 g/mol. The minimum absolute atomic E-state index is 0.00986. The van der Waals surface area contributed by atoms with Crippen molar-refractivity contribution in [3.8, 4) is 0 Å². The molecule has 2 rings (SSSR count). The molecule has 2 atom stereocenters. The first-order valence-electron chi connectivity index (χ1n) is 7.57. The maximum absolute atomic E-state index is 12.7. The number of carbonyl (C=O) groups is 2. The van der Waals surface area contributed by atoms with Gasteiger partial charge in [0.2, 0.25) is 0 Å². The van der Waals surface area contributed by atoms with E-state index in [2.05, 4.69) is 5.32 Å². The molecule has 2 fully saturated rings. The van der Waals surface area contributed by atoms with Gasteiger partial charge < -0.3 is 20.2 Å². The SMILES string of the molecule is CCN(C(=O)N1CCC(C(=O)O)C1C)C1CCNCC1. The second-order valence-electron chi connectivity index (χ2n) is 5.72. The number of carboxylic acid groups (broad SMARTS) is 1. The summed E-state index contributed by atoms with van der Waals surface area (Å²) in [5, 5.41) is 12.5. The first kappa shape index (κ1) is 15.1. The third kappa shape index (κ3) is 2.90. The molecule has 0 aromatic heterocycles. The molecule has 0 saturated carbocycles. The van der Waals surface area contributed by atoms with E-state index in [0.29, 0.717) is 19.5 Å². The lowest BCUT2D eigenvalue weighted by Gasteiger charge is -2.37. The first-order valence-corrected chi connectivity index (χ1v) is 7.57. The Bertz CT molecular complexity index is 369. The van der Waals surface area contributed by atoms with Crippen molar-refractivity contribution in [3.05, 3.63) is 0 Å². The summed E-state index contributed by atoms with van der Waals surface area (Å²) < 4.78 is 0. The van der Waals surface area contributed by atoms with Crippen LogP contribution in [0.15, 0.2) is 0 Å². The Balaban J connectivity index is 2.03. The van der Waals surface area contributed by atoms with Gasteiger partial charge in [0.05, 0.1) is 5.92 Å². The number of piperidine rings is 1. The maximum Gasteiger partial charge on any atom is 0.320 e. The van der Waals surface area contributed by atoms with Crippen LogP contribution in [0.3, 0.4) is 0 Å². The molecule has 2 aliphatic rings. The van der Waals surface area contributed by atoms with Crippen LogP contribution in [-0.4, -0.2) is 65.2 Å². The van der Waals surface area contributed by atoms with Crippen LogP contribution in [0.1, 0.15) is 33.1 Å². The predicted octanol–water partition coefficient (Wildman–Crippen LogP) is 0.975. The summed E-state index contributed by atoms with van der Waals surface area (Å²) in [6.07, 6.45) is 2.51. The van der Waals surface area contributed by atoms with Crippen LogP contribution in [-0.2, 0) is 4.79 Å². The van der Waals surface area contributed by atoms with Gasteiger partial charge >= 0.3 is 12.0 Å². The molecule has 2 unspecified atom stereocenters. The number of amides is 2. The number of carboxylic acids is 1. The minimum atomic E-state index is -0.794. The highest BCUT2D eigenvalue weighted by Crippen LogP contribution is 2.26. The highest BCUT2D eigenvalue weighted by atomic mass is 16.4. The molecule has 0 bridgehead atoms. The number of hydrogen-bond donors (Lipinski definition) is 2. The lowest BCUT2D eigenvalue weighted by molar-refractivity contribution is -0.142. The topological polar surface area (TPSA) is 72.9 Å². The van der Waals surface area contributed by atoms with E-state index in [4.69, 9.17) is 5.11 Å². The molecule has 0 radical (unpaired) electrons. The Labute approximate surface area is 120 Å². The van der Waals surface area contributed by atoms with Crippen LogP contribution in [0.5, 0.6) is 0 Å². The second kappa shape index (κ2) is 6.43. The van der Waals surface area contributed by atoms with Gasteiger partial charge in [0.15, 0.2) is 0 Å². The van der Waals surface area contributed by atoms with Gasteiger partial charge in [0.1, 0.15) is 0 Å². The van der Waals surface area contributed by atoms with Gasteiger partial charge in [0.25, 0.3) is 0 Å². The normalized spacial score (nSPS) is 27.6. The van der Waals surface area contributed by atoms with Crippen LogP contribution in [0, 0.1) is 5.92 Å². The van der Waals surface area contributed by atoms with E-state index in [1.54, 1.807) is 4.90 Å². The second-order valence-corrected chi connectivity index (χ2v) is 5.72. The monoisotopic (exact) mass is 283 g/mol. The van der Waals surface area contributed by atoms with Crippen molar-refractivity contribution in [3.63, 3.8) is 0 Å². The number of likely N-dealkylation sites (tertiary alicyclic amines) is 1. The summed E-state index contributed by atoms with van der Waals surface area (Å²) in [5.74, 6) is -1.22. The van der Waals surface area contributed by atoms with Gasteiger partial charge in [-0.1, -0.05) is 0 Å². The zero-order chi connectivity index (χ0) is 14.7. The molecule has 2 aliphatic heterocycles. The number of nitrogens with one attached hydrogen (secondary N) is 1. The summed E-state index contributed by atoms with van der Waals surface area (Å²) in [4.78, 5) is 27.5. The molecule has 2 N–H and O–H groups in total. The molecule has 2 amide bonds. The van der Waals surface area contributed by atoms with Crippen molar-refractivity contribution in [1.82, 2.24) is 15.1 Å². The van der Waals surface area contributed by atoms with Crippen molar-refractivity contribution in [1.29, 1.82) is 0 Å². The summed E-state index contributed by atoms with van der Waals surface area (Å²) in [6, 6.07) is 0.0799. The van der Waals surface area contributed by atoms with Gasteiger partial charge in [-0.3, -0.25) is 4.79 Å². The number of carbonyl (C=O) groups excluding carboxylic acids is 1. The van der Waals surface area contributed by atoms with E-state index >= 15 is 0 Å². The zero-order valence-electron chi connectivity index (χ0n) is 12.3. The number of urea groups is 1. The van der Waals surface area contributed by atoms with Gasteiger partial charge in [-0.15, -0.1) is 0 Å². The number of hydrogen-bond acceptors (Lipinski definition) is 3. The van der Waals surface area contributed by atoms with E-state index in [0.717, 1.165) is 25.9 Å². The standard InChI is InChI=1S/C14H25N3O3/c1-3-16(11-4-7-15-8-5-11)14(20)17-9-6-12(10(17)2)13(18)19/h10-12,15H,3-9H2,1-2H3,(H,18,19). The third-order valence-electron chi connectivity index (χ3n) is 4.65. The van der Waals surface area contributed by atoms with Crippen molar-refractivity contribution < 1.29 is 14.7 Å². The van der Waals surface area contributed by atoms with Crippen LogP contribution in [0.4, 0.5) is 4.79 Å². The minimum Gasteiger partial charge on any atom is -0.481 e. The first-order chi connectivity index (χ1) is 9.56. The molecule has 2 heterocycles. The quantitative estimate of drug-likeness (QED) is 0.809. The largest absolute Gasteiger partial charge is 0.481 e. The highest BCUT2D eigenvalue weighted by Gasteiger charge is 2.40. The van der Waals surface area contributed by atoms with Gasteiger partial charge in [-0.05, 0) is 46.2 Å². The Hall–Kier alpha value is -1.30. The summed E-state index contributed by atoms with van der Waals surface area (Å²) in [5.41, 5.74) is 0. The average Bonchev–Trinajstić information content (AvgIpc) is 2.82. The van der Waals surface area contributed by atoms with Crippen LogP contribution in [0.25, 0.3) is 0 Å². The lowest BCUT2D eigenvalue weighted by atomic mass is 10.0. The Morgan fingerprint density at radius 1 is 1.30 bits per heavy atom. The van der Waals surface area contributed by atoms with Gasteiger partial charge in [-0.2, -0.15) is 0 Å². The molecule has 0 aromatic carbocycles. The van der Waals surface area contributed by atoms with Crippen molar-refractivity contribution >= 4 is 12.0 Å². The number of aliphatic carboxylic acids is 1. The number of rotatable bonds is 3. The summed E-state index contributed by atoms with van der Waals surface area (Å²) in [7, 11) is 0. The summed E-state index contributed by atoms with van der Waals surface area (Å²) >= 11 is 0. The van der Waals surface area contributed by atoms with Crippen molar-refractivity contribution in [2.45, 2.75) is 45.2 Å². The highest BCUT2D eigenvalue weighted by molar-refractivity contribution is 5.78. The van der Waals surface area contributed by atoms with E-state index in [-0.39, 0.29) is 18.1 Å². The van der Waals surface area contributed by atoms with Crippen LogP contribution in [0.2, 0.25) is 0 Å². The fourth-order valence-corrected chi connectivity index (χ4v) is 3.37. The Kier molecular flexibility index (Phi) is 4.86. The Morgan fingerprint density at radius 3 is 2.45 bits per heavy atom. The van der Waals surface area contributed by atoms with Gasteiger partial charge in [0, 0.05) is 25.2 Å². The zero-order valence-corrected chi connectivity index (χ0v) is 12.3. The number of nitrogens with zero attached hydrogens (tertiary/aromatic N) is 2. The molecular formula is C14H25N3O3.